The molecule has 0 aliphatic carbocycles. The number of rotatable bonds is 5. The molecule has 0 N–H and O–H groups in total. The maximum absolute atomic E-state index is 12.2. The van der Waals surface area contributed by atoms with Crippen LogP contribution in [-0.2, 0) is 4.57 Å². The van der Waals surface area contributed by atoms with E-state index >= 15 is 0 Å². The molecule has 2 rings (SSSR count). The van der Waals surface area contributed by atoms with Crippen molar-refractivity contribution < 1.29 is 14.4 Å². The summed E-state index contributed by atoms with van der Waals surface area (Å²) in [5, 5.41) is 11.3. The Bertz CT molecular complexity index is 630. The molecule has 2 unspecified atom stereocenters. The van der Waals surface area contributed by atoms with Crippen LogP contribution in [0.2, 0.25) is 0 Å². The van der Waals surface area contributed by atoms with Crippen LogP contribution in [0.1, 0.15) is 11.6 Å². The van der Waals surface area contributed by atoms with Gasteiger partial charge in [-0.15, -0.1) is 0 Å². The zero-order chi connectivity index (χ0) is 14.6. The van der Waals surface area contributed by atoms with Crippen LogP contribution in [0.5, 0.6) is 0 Å². The van der Waals surface area contributed by atoms with Gasteiger partial charge in [0.05, 0.1) is 13.5 Å². The van der Waals surface area contributed by atoms with Gasteiger partial charge in [0.25, 0.3) is 0 Å². The molecule has 104 valence electrons. The molecule has 0 fully saturated rings. The average Bonchev–Trinajstić information content (AvgIpc) is 2.46. The first-order chi connectivity index (χ1) is 9.50. The summed E-state index contributed by atoms with van der Waals surface area (Å²) in [6, 6.07) is 14.7. The van der Waals surface area contributed by atoms with Crippen LogP contribution in [0.15, 0.2) is 60.7 Å². The Labute approximate surface area is 116 Å². The lowest BCUT2D eigenvalue weighted by Gasteiger charge is -2.25. The molecule has 0 heterocycles. The van der Waals surface area contributed by atoms with Crippen molar-refractivity contribution in [1.29, 1.82) is 0 Å². The minimum Gasteiger partial charge on any atom is -0.796 e. The molecule has 0 aliphatic rings. The lowest BCUT2D eigenvalue weighted by atomic mass is 10.1. The van der Waals surface area contributed by atoms with Crippen molar-refractivity contribution in [2.24, 2.45) is 0 Å². The molecule has 0 spiro atoms. The maximum Gasteiger partial charge on any atom is 0.244 e. The largest absolute Gasteiger partial charge is 0.796 e. The van der Waals surface area contributed by atoms with E-state index in [-0.39, 0.29) is 5.30 Å². The van der Waals surface area contributed by atoms with Gasteiger partial charge in [0.15, 0.2) is 0 Å². The van der Waals surface area contributed by atoms with Crippen molar-refractivity contribution >= 4 is 12.7 Å². The van der Waals surface area contributed by atoms with Gasteiger partial charge in [-0.1, -0.05) is 60.7 Å². The van der Waals surface area contributed by atoms with Crippen molar-refractivity contribution in [2.75, 3.05) is 6.16 Å². The smallest absolute Gasteiger partial charge is 0.244 e. The Hall–Kier alpha value is -1.97. The molecule has 0 saturated heterocycles. The summed E-state index contributed by atoms with van der Waals surface area (Å²) in [7, 11) is -4.01. The topological polar surface area (TPSA) is 83.3 Å². The first-order valence-electron chi connectivity index (χ1n) is 6.05. The van der Waals surface area contributed by atoms with Crippen LogP contribution in [-0.4, -0.2) is 11.1 Å². The number of hydrogen-bond acceptors (Lipinski definition) is 4. The van der Waals surface area contributed by atoms with Gasteiger partial charge >= 0.3 is 0 Å². The minimum atomic E-state index is -4.01. The molecule has 2 atom stereocenters. The van der Waals surface area contributed by atoms with Crippen molar-refractivity contribution in [1.82, 2.24) is 0 Å². The molecule has 0 radical (unpaired) electrons. The number of nitrogens with zero attached hydrogens (tertiary/aromatic N) is 1. The average molecular weight is 290 g/mol. The Morgan fingerprint density at radius 2 is 1.50 bits per heavy atom. The highest BCUT2D eigenvalue weighted by Crippen LogP contribution is 2.39. The summed E-state index contributed by atoms with van der Waals surface area (Å²) < 4.78 is 12.2. The van der Waals surface area contributed by atoms with Crippen LogP contribution in [0.3, 0.4) is 0 Å². The number of hydrogen-bond donors (Lipinski definition) is 0. The van der Waals surface area contributed by atoms with E-state index in [1.165, 1.54) is 12.1 Å². The van der Waals surface area contributed by atoms with Crippen molar-refractivity contribution in [3.63, 3.8) is 0 Å². The minimum absolute atomic E-state index is 0.128. The van der Waals surface area contributed by atoms with Gasteiger partial charge in [-0.3, -0.25) is 10.1 Å². The molecular weight excluding hydrogens is 277 g/mol. The first-order valence-corrected chi connectivity index (χ1v) is 7.86. The van der Waals surface area contributed by atoms with E-state index in [0.717, 1.165) is 0 Å². The first kappa shape index (κ1) is 14.4. The van der Waals surface area contributed by atoms with Gasteiger partial charge in [0.1, 0.15) is 0 Å². The fourth-order valence-electron chi connectivity index (χ4n) is 1.96. The Balaban J connectivity index is 2.30. The highest BCUT2D eigenvalue weighted by molar-refractivity contribution is 7.64. The molecule has 0 aliphatic heterocycles. The van der Waals surface area contributed by atoms with Crippen LogP contribution in [0.4, 0.5) is 0 Å². The quantitative estimate of drug-likeness (QED) is 0.479. The predicted octanol–water partition coefficient (Wildman–Crippen LogP) is 1.97. The second-order valence-electron chi connectivity index (χ2n) is 4.40. The predicted molar refractivity (Wildman–Crippen MR) is 74.7 cm³/mol. The Morgan fingerprint density at radius 1 is 1.00 bits per heavy atom. The third-order valence-electron chi connectivity index (χ3n) is 3.00. The molecule has 0 amide bonds. The molecule has 0 aromatic heterocycles. The van der Waals surface area contributed by atoms with E-state index in [1.807, 2.05) is 0 Å². The summed E-state index contributed by atoms with van der Waals surface area (Å²) in [4.78, 5) is 22.8. The lowest BCUT2D eigenvalue weighted by Crippen LogP contribution is -2.24. The molecule has 2 aromatic rings. The summed E-state index contributed by atoms with van der Waals surface area (Å²) in [6.07, 6.45) is -0.520. The standard InChI is InChI=1S/C14H14NO4P/c16-15(17)14(12-7-3-1-4-8-12)11-20(18,19)13-9-5-2-6-10-13/h1-10,14H,11H2,(H,18,19)/p-1. The second-order valence-corrected chi connectivity index (χ2v) is 6.63. The third-order valence-corrected chi connectivity index (χ3v) is 4.91. The molecule has 5 nitrogen and oxygen atoms in total. The number of nitro groups is 1. The van der Waals surface area contributed by atoms with Crippen molar-refractivity contribution in [3.8, 4) is 0 Å². The zero-order valence-corrected chi connectivity index (χ0v) is 11.5. The molecule has 2 aromatic carbocycles. The van der Waals surface area contributed by atoms with Crippen molar-refractivity contribution in [2.45, 2.75) is 6.04 Å². The van der Waals surface area contributed by atoms with Gasteiger partial charge in [-0.05, 0) is 5.30 Å². The molecule has 6 heteroatoms. The maximum atomic E-state index is 12.2. The van der Waals surface area contributed by atoms with Gasteiger partial charge in [0.2, 0.25) is 6.04 Å². The van der Waals surface area contributed by atoms with E-state index in [1.54, 1.807) is 48.5 Å². The van der Waals surface area contributed by atoms with E-state index in [4.69, 9.17) is 0 Å². The van der Waals surface area contributed by atoms with E-state index < -0.39 is 24.5 Å². The Morgan fingerprint density at radius 3 is 2.00 bits per heavy atom. The Kier molecular flexibility index (Phi) is 4.32. The van der Waals surface area contributed by atoms with Gasteiger partial charge in [0, 0.05) is 10.5 Å². The lowest BCUT2D eigenvalue weighted by molar-refractivity contribution is -0.523. The van der Waals surface area contributed by atoms with Crippen LogP contribution in [0, 0.1) is 10.1 Å². The van der Waals surface area contributed by atoms with Gasteiger partial charge in [-0.25, -0.2) is 0 Å². The summed E-state index contributed by atoms with van der Waals surface area (Å²) in [6.45, 7) is 0. The van der Waals surface area contributed by atoms with Crippen LogP contribution >= 0.6 is 7.37 Å². The van der Waals surface area contributed by atoms with E-state index in [2.05, 4.69) is 0 Å². The fraction of sp³-hybridized carbons (Fsp3) is 0.143. The molecule has 0 saturated carbocycles. The van der Waals surface area contributed by atoms with Gasteiger partial charge < -0.3 is 9.46 Å². The fourth-order valence-corrected chi connectivity index (χ4v) is 3.59. The second kappa shape index (κ2) is 5.99. The molecule has 0 bridgehead atoms. The normalized spacial score (nSPS) is 15.2. The third kappa shape index (κ3) is 3.32. The SMILES string of the molecule is O=[N+]([O-])C(CP(=O)([O-])c1ccccc1)c1ccccc1. The summed E-state index contributed by atoms with van der Waals surface area (Å²) >= 11 is 0. The highest BCUT2D eigenvalue weighted by atomic mass is 31.2. The summed E-state index contributed by atoms with van der Waals surface area (Å²) in [5.41, 5.74) is 0.393. The van der Waals surface area contributed by atoms with E-state index in [9.17, 15) is 19.6 Å². The zero-order valence-electron chi connectivity index (χ0n) is 10.6. The highest BCUT2D eigenvalue weighted by Gasteiger charge is 2.28. The van der Waals surface area contributed by atoms with Crippen molar-refractivity contribution in [3.05, 3.63) is 76.3 Å². The molecule has 20 heavy (non-hydrogen) atoms. The van der Waals surface area contributed by atoms with Crippen LogP contribution in [0.25, 0.3) is 0 Å². The monoisotopic (exact) mass is 290 g/mol. The van der Waals surface area contributed by atoms with Gasteiger partial charge in [-0.2, -0.15) is 0 Å². The number of benzene rings is 2. The van der Waals surface area contributed by atoms with Crippen LogP contribution < -0.4 is 10.2 Å². The van der Waals surface area contributed by atoms with E-state index in [0.29, 0.717) is 5.56 Å². The molecular formula is C14H13NO4P-. The summed E-state index contributed by atoms with van der Waals surface area (Å²) in [5.74, 6) is 0.